The summed E-state index contributed by atoms with van der Waals surface area (Å²) in [6.07, 6.45) is 9.54. The summed E-state index contributed by atoms with van der Waals surface area (Å²) in [5.41, 5.74) is 9.06. The van der Waals surface area contributed by atoms with Gasteiger partial charge in [-0.1, -0.05) is 36.4 Å². The number of para-hydroxylation sites is 1. The van der Waals surface area contributed by atoms with E-state index >= 15 is 0 Å². The number of nitrogens with two attached hydrogens (primary N) is 1. The molecule has 2 heterocycles. The summed E-state index contributed by atoms with van der Waals surface area (Å²) in [6, 6.07) is 7.31. The fourth-order valence-corrected chi connectivity index (χ4v) is 2.90. The Labute approximate surface area is 161 Å². The van der Waals surface area contributed by atoms with Gasteiger partial charge in [-0.3, -0.25) is 4.79 Å². The van der Waals surface area contributed by atoms with Crippen LogP contribution in [0, 0.1) is 0 Å². The van der Waals surface area contributed by atoms with Crippen LogP contribution in [-0.2, 0) is 4.79 Å². The van der Waals surface area contributed by atoms with E-state index in [-0.39, 0.29) is 17.6 Å². The Morgan fingerprint density at radius 3 is 2.79 bits per heavy atom. The maximum atomic E-state index is 11.5. The first-order valence-corrected chi connectivity index (χ1v) is 8.82. The molecule has 3 N–H and O–H groups in total. The molecule has 0 unspecified atom stereocenters. The molecule has 1 amide bonds. The summed E-state index contributed by atoms with van der Waals surface area (Å²) in [5, 5.41) is 11.0. The predicted molar refractivity (Wildman–Crippen MR) is 106 cm³/mol. The second kappa shape index (κ2) is 7.43. The number of nitrogens with zero attached hydrogens (tertiary/aromatic N) is 4. The maximum absolute atomic E-state index is 11.5. The van der Waals surface area contributed by atoms with Gasteiger partial charge in [-0.25, -0.2) is 9.97 Å². The largest absolute Gasteiger partial charge is 0.414 e. The first-order valence-electron chi connectivity index (χ1n) is 8.82. The molecule has 0 fully saturated rings. The Bertz CT molecular complexity index is 1100. The van der Waals surface area contributed by atoms with Crippen LogP contribution in [-0.4, -0.2) is 26.1 Å². The van der Waals surface area contributed by atoms with Crippen molar-refractivity contribution >= 4 is 23.0 Å². The van der Waals surface area contributed by atoms with E-state index in [1.165, 1.54) is 6.92 Å². The Balaban J connectivity index is 1.73. The molecule has 0 radical (unpaired) electrons. The van der Waals surface area contributed by atoms with Gasteiger partial charge in [0.15, 0.2) is 11.5 Å². The van der Waals surface area contributed by atoms with Crippen molar-refractivity contribution in [2.75, 3.05) is 11.1 Å². The standard InChI is InChI=1S/C20H18N6O2/c1-12(27)23-15-10-6-5-9-14(15)16-11-22-18(21)17(24-16)20-26-25-19(28-20)13-7-3-2-4-8-13/h3,5-11H,2,4H2,1H3,(H2,21,22)(H,23,27). The van der Waals surface area contributed by atoms with Crippen LogP contribution >= 0.6 is 0 Å². The van der Waals surface area contributed by atoms with Crippen LogP contribution in [0.15, 0.2) is 53.1 Å². The summed E-state index contributed by atoms with van der Waals surface area (Å²) in [6.45, 7) is 1.45. The van der Waals surface area contributed by atoms with Crippen molar-refractivity contribution in [2.45, 2.75) is 19.8 Å². The van der Waals surface area contributed by atoms with Crippen LogP contribution in [0.2, 0.25) is 0 Å². The Kier molecular flexibility index (Phi) is 4.67. The van der Waals surface area contributed by atoms with Gasteiger partial charge in [0.2, 0.25) is 11.8 Å². The number of benzene rings is 1. The number of rotatable bonds is 4. The third kappa shape index (κ3) is 3.52. The number of hydrogen-bond donors (Lipinski definition) is 2. The molecule has 1 aromatic carbocycles. The van der Waals surface area contributed by atoms with Crippen molar-refractivity contribution in [3.05, 3.63) is 54.6 Å². The molecule has 140 valence electrons. The Morgan fingerprint density at radius 1 is 1.18 bits per heavy atom. The quantitative estimate of drug-likeness (QED) is 0.717. The van der Waals surface area contributed by atoms with Gasteiger partial charge < -0.3 is 15.5 Å². The molecule has 0 spiro atoms. The summed E-state index contributed by atoms with van der Waals surface area (Å²) in [7, 11) is 0. The number of nitrogens with one attached hydrogen (secondary N) is 1. The number of anilines is 2. The normalized spacial score (nSPS) is 13.2. The van der Waals surface area contributed by atoms with Gasteiger partial charge in [0.1, 0.15) is 0 Å². The van der Waals surface area contributed by atoms with Crippen molar-refractivity contribution in [3.63, 3.8) is 0 Å². The molecule has 3 aromatic rings. The van der Waals surface area contributed by atoms with E-state index < -0.39 is 0 Å². The minimum absolute atomic E-state index is 0.175. The number of hydrogen-bond acceptors (Lipinski definition) is 7. The van der Waals surface area contributed by atoms with Crippen LogP contribution in [0.5, 0.6) is 0 Å². The second-order valence-corrected chi connectivity index (χ2v) is 6.27. The monoisotopic (exact) mass is 374 g/mol. The number of aromatic nitrogens is 4. The molecular weight excluding hydrogens is 356 g/mol. The van der Waals surface area contributed by atoms with Gasteiger partial charge in [0, 0.05) is 18.1 Å². The minimum Gasteiger partial charge on any atom is -0.414 e. The molecule has 0 saturated heterocycles. The molecule has 8 nitrogen and oxygen atoms in total. The van der Waals surface area contributed by atoms with Crippen molar-refractivity contribution in [1.82, 2.24) is 20.2 Å². The highest BCUT2D eigenvalue weighted by Gasteiger charge is 2.18. The third-order valence-corrected chi connectivity index (χ3v) is 4.18. The zero-order valence-corrected chi connectivity index (χ0v) is 15.2. The molecule has 4 rings (SSSR count). The molecule has 0 atom stereocenters. The van der Waals surface area contributed by atoms with Gasteiger partial charge in [0.05, 0.1) is 17.6 Å². The number of carbonyl (C=O) groups is 1. The van der Waals surface area contributed by atoms with Gasteiger partial charge >= 0.3 is 0 Å². The zero-order chi connectivity index (χ0) is 19.5. The Hall–Kier alpha value is -3.81. The lowest BCUT2D eigenvalue weighted by Gasteiger charge is -2.10. The third-order valence-electron chi connectivity index (χ3n) is 4.18. The lowest BCUT2D eigenvalue weighted by atomic mass is 10.1. The SMILES string of the molecule is CC(=O)Nc1ccccc1-c1cnc(N)c(-c2nnc(C3=CCCC=C3)o2)n1. The first kappa shape index (κ1) is 17.6. The van der Waals surface area contributed by atoms with Crippen molar-refractivity contribution in [3.8, 4) is 22.8 Å². The van der Waals surface area contributed by atoms with Gasteiger partial charge in [-0.2, -0.15) is 0 Å². The highest BCUT2D eigenvalue weighted by Crippen LogP contribution is 2.30. The summed E-state index contributed by atoms with van der Waals surface area (Å²) in [4.78, 5) is 20.3. The summed E-state index contributed by atoms with van der Waals surface area (Å²) >= 11 is 0. The average Bonchev–Trinajstić information content (AvgIpc) is 3.19. The van der Waals surface area contributed by atoms with E-state index in [0.717, 1.165) is 18.4 Å². The predicted octanol–water partition coefficient (Wildman–Crippen LogP) is 3.47. The molecule has 1 aliphatic rings. The van der Waals surface area contributed by atoms with Crippen LogP contribution in [0.4, 0.5) is 11.5 Å². The molecule has 8 heteroatoms. The molecule has 1 aliphatic carbocycles. The number of carbonyl (C=O) groups excluding carboxylic acids is 1. The topological polar surface area (TPSA) is 120 Å². The fourth-order valence-electron chi connectivity index (χ4n) is 2.90. The minimum atomic E-state index is -0.175. The smallest absolute Gasteiger partial charge is 0.270 e. The lowest BCUT2D eigenvalue weighted by Crippen LogP contribution is -2.07. The van der Waals surface area contributed by atoms with E-state index in [4.69, 9.17) is 10.2 Å². The van der Waals surface area contributed by atoms with E-state index in [1.54, 1.807) is 12.3 Å². The number of amides is 1. The van der Waals surface area contributed by atoms with Crippen molar-refractivity contribution in [2.24, 2.45) is 0 Å². The van der Waals surface area contributed by atoms with Gasteiger partial charge in [-0.15, -0.1) is 10.2 Å². The highest BCUT2D eigenvalue weighted by atomic mass is 16.4. The summed E-state index contributed by atoms with van der Waals surface area (Å²) < 4.78 is 5.78. The van der Waals surface area contributed by atoms with Crippen molar-refractivity contribution in [1.29, 1.82) is 0 Å². The van der Waals surface area contributed by atoms with Gasteiger partial charge in [0.25, 0.3) is 5.89 Å². The lowest BCUT2D eigenvalue weighted by molar-refractivity contribution is -0.114. The van der Waals surface area contributed by atoms with Crippen LogP contribution < -0.4 is 11.1 Å². The maximum Gasteiger partial charge on any atom is 0.270 e. The second-order valence-electron chi connectivity index (χ2n) is 6.27. The van der Waals surface area contributed by atoms with E-state index in [2.05, 4.69) is 31.6 Å². The molecule has 0 saturated carbocycles. The molecule has 2 aromatic heterocycles. The van der Waals surface area contributed by atoms with Crippen molar-refractivity contribution < 1.29 is 9.21 Å². The van der Waals surface area contributed by atoms with Crippen LogP contribution in [0.25, 0.3) is 28.4 Å². The van der Waals surface area contributed by atoms with E-state index in [0.29, 0.717) is 28.5 Å². The highest BCUT2D eigenvalue weighted by molar-refractivity contribution is 5.93. The van der Waals surface area contributed by atoms with E-state index in [1.807, 2.05) is 30.4 Å². The first-order chi connectivity index (χ1) is 13.6. The zero-order valence-electron chi connectivity index (χ0n) is 15.2. The Morgan fingerprint density at radius 2 is 2.00 bits per heavy atom. The average molecular weight is 374 g/mol. The van der Waals surface area contributed by atoms with Crippen LogP contribution in [0.3, 0.4) is 0 Å². The fraction of sp³-hybridized carbons (Fsp3) is 0.150. The number of allylic oxidation sites excluding steroid dienone is 4. The van der Waals surface area contributed by atoms with E-state index in [9.17, 15) is 4.79 Å². The molecular formula is C20H18N6O2. The van der Waals surface area contributed by atoms with Gasteiger partial charge in [-0.05, 0) is 18.9 Å². The molecule has 0 aliphatic heterocycles. The summed E-state index contributed by atoms with van der Waals surface area (Å²) in [5.74, 6) is 0.616. The molecule has 0 bridgehead atoms. The molecule has 28 heavy (non-hydrogen) atoms. The number of nitrogen functional groups attached to an aromatic ring is 1. The van der Waals surface area contributed by atoms with Crippen LogP contribution in [0.1, 0.15) is 25.7 Å².